The first-order valence-electron chi connectivity index (χ1n) is 6.85. The Morgan fingerprint density at radius 1 is 1.10 bits per heavy atom. The smallest absolute Gasteiger partial charge is 0.0606 e. The van der Waals surface area contributed by atoms with Crippen LogP contribution in [0.2, 0.25) is 10.0 Å². The highest BCUT2D eigenvalue weighted by Crippen LogP contribution is 2.36. The Labute approximate surface area is 138 Å². The van der Waals surface area contributed by atoms with Gasteiger partial charge in [0, 0.05) is 14.7 Å². The number of rotatable bonds is 4. The molecule has 0 aliphatic carbocycles. The predicted molar refractivity (Wildman–Crippen MR) is 93.8 cm³/mol. The van der Waals surface area contributed by atoms with Crippen LogP contribution in [-0.2, 0) is 0 Å². The molecule has 0 radical (unpaired) electrons. The normalized spacial score (nSPS) is 12.7. The monoisotopic (exact) mass is 335 g/mol. The van der Waals surface area contributed by atoms with Gasteiger partial charge in [-0.15, -0.1) is 11.3 Å². The summed E-state index contributed by atoms with van der Waals surface area (Å²) in [5.74, 6) is 0. The summed E-state index contributed by atoms with van der Waals surface area (Å²) in [6.07, 6.45) is 0. The lowest BCUT2D eigenvalue weighted by molar-refractivity contribution is 0.635. The summed E-state index contributed by atoms with van der Waals surface area (Å²) in [4.78, 5) is 0. The second-order valence-corrected chi connectivity index (χ2v) is 6.60. The van der Waals surface area contributed by atoms with E-state index in [1.165, 1.54) is 15.6 Å². The first kappa shape index (κ1) is 14.9. The third kappa shape index (κ3) is 2.95. The van der Waals surface area contributed by atoms with Crippen molar-refractivity contribution in [2.24, 2.45) is 0 Å². The van der Waals surface area contributed by atoms with Crippen molar-refractivity contribution in [3.05, 3.63) is 69.0 Å². The maximum Gasteiger partial charge on any atom is 0.0606 e. The van der Waals surface area contributed by atoms with E-state index >= 15 is 0 Å². The van der Waals surface area contributed by atoms with E-state index in [9.17, 15) is 0 Å². The van der Waals surface area contributed by atoms with E-state index in [0.29, 0.717) is 5.02 Å². The highest BCUT2D eigenvalue weighted by atomic mass is 35.5. The molecule has 0 fully saturated rings. The first-order chi connectivity index (χ1) is 10.2. The van der Waals surface area contributed by atoms with Crippen LogP contribution in [0.3, 0.4) is 0 Å². The number of hydrogen-bond acceptors (Lipinski definition) is 2. The fourth-order valence-electron chi connectivity index (χ4n) is 2.57. The summed E-state index contributed by atoms with van der Waals surface area (Å²) in [5, 5.41) is 8.35. The van der Waals surface area contributed by atoms with Gasteiger partial charge in [0.05, 0.1) is 6.04 Å². The van der Waals surface area contributed by atoms with Crippen LogP contribution < -0.4 is 5.32 Å². The molecular weight excluding hydrogens is 321 g/mol. The summed E-state index contributed by atoms with van der Waals surface area (Å²) < 4.78 is 1.29. The minimum atomic E-state index is 0.0450. The van der Waals surface area contributed by atoms with Gasteiger partial charge in [-0.3, -0.25) is 0 Å². The lowest BCUT2D eigenvalue weighted by Crippen LogP contribution is -2.22. The third-order valence-electron chi connectivity index (χ3n) is 3.50. The number of benzene rings is 2. The van der Waals surface area contributed by atoms with Gasteiger partial charge in [-0.25, -0.2) is 0 Å². The Morgan fingerprint density at radius 2 is 1.95 bits per heavy atom. The lowest BCUT2D eigenvalue weighted by atomic mass is 9.97. The van der Waals surface area contributed by atoms with Crippen molar-refractivity contribution in [2.75, 3.05) is 6.54 Å². The number of fused-ring (bicyclic) bond motifs is 1. The van der Waals surface area contributed by atoms with Crippen LogP contribution in [0.5, 0.6) is 0 Å². The number of nitrogens with one attached hydrogen (secondary N) is 1. The molecule has 1 unspecified atom stereocenters. The van der Waals surface area contributed by atoms with E-state index in [1.54, 1.807) is 11.3 Å². The molecule has 0 aliphatic heterocycles. The summed E-state index contributed by atoms with van der Waals surface area (Å²) in [5.41, 5.74) is 2.26. The van der Waals surface area contributed by atoms with E-state index < -0.39 is 0 Å². The maximum absolute atomic E-state index is 6.41. The molecular formula is C17H15Cl2NS. The molecule has 1 atom stereocenters. The molecule has 0 saturated carbocycles. The van der Waals surface area contributed by atoms with Crippen LogP contribution in [0.15, 0.2) is 47.8 Å². The van der Waals surface area contributed by atoms with Gasteiger partial charge in [0.2, 0.25) is 0 Å². The molecule has 1 aromatic heterocycles. The molecule has 0 amide bonds. The third-order valence-corrected chi connectivity index (χ3v) is 5.06. The molecule has 0 bridgehead atoms. The standard InChI is InChI=1S/C17H15Cl2NS/c1-2-20-16(14-10-12(18)6-7-15(14)19)13-5-3-4-11-8-9-21-17(11)13/h3-10,16,20H,2H2,1H3. The Bertz CT molecular complexity index is 766. The minimum absolute atomic E-state index is 0.0450. The average molecular weight is 336 g/mol. The number of hydrogen-bond donors (Lipinski definition) is 1. The molecule has 0 saturated heterocycles. The second-order valence-electron chi connectivity index (χ2n) is 4.84. The van der Waals surface area contributed by atoms with Crippen LogP contribution in [0.4, 0.5) is 0 Å². The Kier molecular flexibility index (Phi) is 4.51. The molecule has 0 spiro atoms. The van der Waals surface area contributed by atoms with Crippen molar-refractivity contribution in [3.63, 3.8) is 0 Å². The molecule has 108 valence electrons. The maximum atomic E-state index is 6.41. The van der Waals surface area contributed by atoms with Gasteiger partial charge in [-0.2, -0.15) is 0 Å². The van der Waals surface area contributed by atoms with Gasteiger partial charge in [0.1, 0.15) is 0 Å². The zero-order chi connectivity index (χ0) is 14.8. The van der Waals surface area contributed by atoms with E-state index in [1.807, 2.05) is 18.2 Å². The number of thiophene rings is 1. The van der Waals surface area contributed by atoms with Gasteiger partial charge in [-0.05, 0) is 52.7 Å². The van der Waals surface area contributed by atoms with Crippen LogP contribution in [0.25, 0.3) is 10.1 Å². The number of halogens is 2. The van der Waals surface area contributed by atoms with Gasteiger partial charge in [0.15, 0.2) is 0 Å². The van der Waals surface area contributed by atoms with Crippen molar-refractivity contribution in [1.29, 1.82) is 0 Å². The van der Waals surface area contributed by atoms with E-state index in [4.69, 9.17) is 23.2 Å². The Balaban J connectivity index is 2.18. The molecule has 3 aromatic rings. The van der Waals surface area contributed by atoms with Crippen molar-refractivity contribution in [1.82, 2.24) is 5.32 Å². The zero-order valence-electron chi connectivity index (χ0n) is 11.6. The Morgan fingerprint density at radius 3 is 2.76 bits per heavy atom. The van der Waals surface area contributed by atoms with Crippen LogP contribution in [0.1, 0.15) is 24.1 Å². The largest absolute Gasteiger partial charge is 0.306 e. The lowest BCUT2D eigenvalue weighted by Gasteiger charge is -2.21. The summed E-state index contributed by atoms with van der Waals surface area (Å²) in [6.45, 7) is 2.95. The summed E-state index contributed by atoms with van der Waals surface area (Å²) in [7, 11) is 0. The SMILES string of the molecule is CCNC(c1cc(Cl)ccc1Cl)c1cccc2ccsc12. The second kappa shape index (κ2) is 6.37. The molecule has 1 N–H and O–H groups in total. The highest BCUT2D eigenvalue weighted by Gasteiger charge is 2.19. The molecule has 1 nitrogen and oxygen atoms in total. The zero-order valence-corrected chi connectivity index (χ0v) is 13.9. The molecule has 0 aliphatic rings. The van der Waals surface area contributed by atoms with Crippen molar-refractivity contribution < 1.29 is 0 Å². The Hall–Kier alpha value is -1.06. The average Bonchev–Trinajstić information content (AvgIpc) is 2.96. The first-order valence-corrected chi connectivity index (χ1v) is 8.48. The van der Waals surface area contributed by atoms with Crippen molar-refractivity contribution in [2.45, 2.75) is 13.0 Å². The molecule has 3 rings (SSSR count). The van der Waals surface area contributed by atoms with Crippen LogP contribution >= 0.6 is 34.5 Å². The molecule has 1 heterocycles. The van der Waals surface area contributed by atoms with E-state index in [2.05, 4.69) is 41.9 Å². The predicted octanol–water partition coefficient (Wildman–Crippen LogP) is 5.91. The van der Waals surface area contributed by atoms with E-state index in [-0.39, 0.29) is 6.04 Å². The fraction of sp³-hybridized carbons (Fsp3) is 0.176. The van der Waals surface area contributed by atoms with Gasteiger partial charge in [0.25, 0.3) is 0 Å². The highest BCUT2D eigenvalue weighted by molar-refractivity contribution is 7.17. The van der Waals surface area contributed by atoms with Crippen molar-refractivity contribution >= 4 is 44.6 Å². The molecule has 2 aromatic carbocycles. The quantitative estimate of drug-likeness (QED) is 0.625. The van der Waals surface area contributed by atoms with E-state index in [0.717, 1.165) is 17.1 Å². The summed E-state index contributed by atoms with van der Waals surface area (Å²) in [6, 6.07) is 14.2. The van der Waals surface area contributed by atoms with Crippen molar-refractivity contribution in [3.8, 4) is 0 Å². The van der Waals surface area contributed by atoms with Crippen LogP contribution in [-0.4, -0.2) is 6.54 Å². The van der Waals surface area contributed by atoms with Gasteiger partial charge in [-0.1, -0.05) is 48.3 Å². The topological polar surface area (TPSA) is 12.0 Å². The molecule has 21 heavy (non-hydrogen) atoms. The molecule has 4 heteroatoms. The van der Waals surface area contributed by atoms with Gasteiger partial charge < -0.3 is 5.32 Å². The minimum Gasteiger partial charge on any atom is -0.306 e. The summed E-state index contributed by atoms with van der Waals surface area (Å²) >= 11 is 14.3. The van der Waals surface area contributed by atoms with Gasteiger partial charge >= 0.3 is 0 Å². The fourth-order valence-corrected chi connectivity index (χ4v) is 3.92. The van der Waals surface area contributed by atoms with Crippen LogP contribution in [0, 0.1) is 0 Å².